The molecule has 4 nitrogen and oxygen atoms in total. The zero-order valence-corrected chi connectivity index (χ0v) is 12.8. The number of methoxy groups -OCH3 is 3. The minimum Gasteiger partial charge on any atom is -0.497 e. The third kappa shape index (κ3) is 2.55. The molecular weight excluding hydrogens is 280 g/mol. The summed E-state index contributed by atoms with van der Waals surface area (Å²) < 4.78 is 21.9. The van der Waals surface area contributed by atoms with Crippen molar-refractivity contribution in [3.8, 4) is 28.6 Å². The molecule has 3 rings (SSSR count). The van der Waals surface area contributed by atoms with Gasteiger partial charge in [0, 0.05) is 12.1 Å². The third-order valence-electron chi connectivity index (χ3n) is 3.53. The number of fused-ring (bicyclic) bond motifs is 1. The fourth-order valence-electron chi connectivity index (χ4n) is 2.33. The maximum Gasteiger partial charge on any atom is 0.368 e. The summed E-state index contributed by atoms with van der Waals surface area (Å²) in [6.07, 6.45) is 0. The third-order valence-corrected chi connectivity index (χ3v) is 3.53. The number of benzene rings is 2. The smallest absolute Gasteiger partial charge is 0.368 e. The molecule has 0 bridgehead atoms. The van der Waals surface area contributed by atoms with Crippen molar-refractivity contribution < 1.29 is 18.6 Å². The fourth-order valence-corrected chi connectivity index (χ4v) is 2.33. The van der Waals surface area contributed by atoms with Crippen LogP contribution < -0.4 is 14.2 Å². The molecule has 0 radical (unpaired) electrons. The quantitative estimate of drug-likeness (QED) is 0.669. The Balaban J connectivity index is 2.11. The maximum atomic E-state index is 6.01. The first-order valence-corrected chi connectivity index (χ1v) is 6.88. The maximum absolute atomic E-state index is 6.01. The lowest BCUT2D eigenvalue weighted by Crippen LogP contribution is -1.89. The van der Waals surface area contributed by atoms with E-state index < -0.39 is 0 Å². The highest BCUT2D eigenvalue weighted by molar-refractivity contribution is 5.86. The van der Waals surface area contributed by atoms with Crippen LogP contribution in [0.2, 0.25) is 0 Å². The Kier molecular flexibility index (Phi) is 3.83. The molecule has 0 spiro atoms. The van der Waals surface area contributed by atoms with Crippen LogP contribution in [0, 0.1) is 0 Å². The van der Waals surface area contributed by atoms with Gasteiger partial charge in [0.2, 0.25) is 0 Å². The normalized spacial score (nSPS) is 10.5. The van der Waals surface area contributed by atoms with Crippen LogP contribution in [-0.2, 0) is 0 Å². The average molecular weight is 297 g/mol. The molecule has 0 saturated carbocycles. The summed E-state index contributed by atoms with van der Waals surface area (Å²) >= 11 is 0. The summed E-state index contributed by atoms with van der Waals surface area (Å²) in [6, 6.07) is 15.3. The van der Waals surface area contributed by atoms with Gasteiger partial charge in [0.25, 0.3) is 0 Å². The van der Waals surface area contributed by atoms with E-state index in [0.29, 0.717) is 11.3 Å². The first kappa shape index (κ1) is 14.2. The van der Waals surface area contributed by atoms with Crippen molar-refractivity contribution in [2.45, 2.75) is 0 Å². The summed E-state index contributed by atoms with van der Waals surface area (Å²) in [5, 5.41) is 0.903. The van der Waals surface area contributed by atoms with Crippen LogP contribution in [0.1, 0.15) is 0 Å². The van der Waals surface area contributed by atoms with Gasteiger partial charge in [-0.05, 0) is 30.3 Å². The van der Waals surface area contributed by atoms with Crippen LogP contribution in [0.15, 0.2) is 52.9 Å². The lowest BCUT2D eigenvalue weighted by atomic mass is 10.1. The molecule has 1 heterocycles. The second-order valence-electron chi connectivity index (χ2n) is 4.77. The zero-order valence-electron chi connectivity index (χ0n) is 12.8. The predicted octanol–water partition coefficient (Wildman–Crippen LogP) is 4.41. The van der Waals surface area contributed by atoms with Crippen molar-refractivity contribution in [3.63, 3.8) is 0 Å². The van der Waals surface area contributed by atoms with E-state index in [2.05, 4.69) is 0 Å². The van der Waals surface area contributed by atoms with E-state index in [1.165, 1.54) is 0 Å². The lowest BCUT2D eigenvalue weighted by Gasteiger charge is -2.04. The van der Waals surface area contributed by atoms with Crippen LogP contribution in [-0.4, -0.2) is 21.3 Å². The minimum absolute atomic E-state index is 0.694. The second-order valence-corrected chi connectivity index (χ2v) is 4.77. The fraction of sp³-hybridized carbons (Fsp3) is 0.167. The molecule has 0 aliphatic carbocycles. The van der Waals surface area contributed by atoms with Crippen LogP contribution in [0.25, 0.3) is 22.3 Å². The molecule has 4 heteroatoms. The first-order valence-electron chi connectivity index (χ1n) is 6.88. The molecule has 0 amide bonds. The van der Waals surface area contributed by atoms with E-state index in [1.807, 2.05) is 48.5 Å². The number of hydrogen-bond acceptors (Lipinski definition) is 3. The number of rotatable bonds is 4. The monoisotopic (exact) mass is 297 g/mol. The number of hydrogen-bond donors (Lipinski definition) is 0. The van der Waals surface area contributed by atoms with Crippen molar-refractivity contribution in [2.24, 2.45) is 0 Å². The second kappa shape index (κ2) is 5.93. The van der Waals surface area contributed by atoms with Gasteiger partial charge >= 0.3 is 11.3 Å². The van der Waals surface area contributed by atoms with Gasteiger partial charge in [-0.3, -0.25) is 0 Å². The summed E-state index contributed by atoms with van der Waals surface area (Å²) in [7, 11) is 4.90. The summed E-state index contributed by atoms with van der Waals surface area (Å²) in [4.78, 5) is 0. The molecule has 3 aromatic rings. The van der Waals surface area contributed by atoms with Gasteiger partial charge < -0.3 is 14.2 Å². The average Bonchev–Trinajstić information content (AvgIpc) is 2.60. The highest BCUT2D eigenvalue weighted by Gasteiger charge is 2.18. The van der Waals surface area contributed by atoms with Crippen LogP contribution in [0.3, 0.4) is 0 Å². The van der Waals surface area contributed by atoms with E-state index in [1.54, 1.807) is 21.3 Å². The minimum atomic E-state index is 0.694. The Labute approximate surface area is 128 Å². The number of ether oxygens (including phenoxy) is 3. The Hall–Kier alpha value is -2.75. The van der Waals surface area contributed by atoms with Crippen molar-refractivity contribution >= 4 is 11.0 Å². The molecule has 22 heavy (non-hydrogen) atoms. The lowest BCUT2D eigenvalue weighted by molar-refractivity contribution is 0.396. The standard InChI is InChI=1S/C18H17O4/c1-19-13-6-4-12(5-7-13)16-9-8-15-17(21-3)10-14(20-2)11-18(15)22-16/h4-11H,1-3H3/q+1. The van der Waals surface area contributed by atoms with Gasteiger partial charge in [0.1, 0.15) is 22.6 Å². The van der Waals surface area contributed by atoms with E-state index in [4.69, 9.17) is 18.6 Å². The molecule has 0 atom stereocenters. The Morgan fingerprint density at radius 2 is 1.45 bits per heavy atom. The highest BCUT2D eigenvalue weighted by Crippen LogP contribution is 2.34. The summed E-state index contributed by atoms with van der Waals surface area (Å²) in [5.41, 5.74) is 1.69. The van der Waals surface area contributed by atoms with Crippen LogP contribution >= 0.6 is 0 Å². The van der Waals surface area contributed by atoms with Gasteiger partial charge in [0.15, 0.2) is 0 Å². The SMILES string of the molecule is COc1ccc(-c2ccc3c(OC)cc(OC)cc3[o+]2)cc1. The molecule has 112 valence electrons. The van der Waals surface area contributed by atoms with Gasteiger partial charge in [0.05, 0.1) is 33.0 Å². The predicted molar refractivity (Wildman–Crippen MR) is 85.7 cm³/mol. The first-order chi connectivity index (χ1) is 10.7. The van der Waals surface area contributed by atoms with Gasteiger partial charge in [-0.1, -0.05) is 0 Å². The van der Waals surface area contributed by atoms with E-state index in [-0.39, 0.29) is 0 Å². The zero-order chi connectivity index (χ0) is 15.5. The van der Waals surface area contributed by atoms with E-state index in [9.17, 15) is 0 Å². The van der Waals surface area contributed by atoms with Crippen molar-refractivity contribution in [2.75, 3.05) is 21.3 Å². The van der Waals surface area contributed by atoms with Crippen molar-refractivity contribution in [3.05, 3.63) is 48.5 Å². The van der Waals surface area contributed by atoms with Crippen LogP contribution in [0.5, 0.6) is 17.2 Å². The molecule has 0 unspecified atom stereocenters. The Morgan fingerprint density at radius 1 is 0.727 bits per heavy atom. The topological polar surface area (TPSA) is 39.0 Å². The molecule has 2 aromatic carbocycles. The van der Waals surface area contributed by atoms with E-state index >= 15 is 0 Å². The molecular formula is C18H17O4+. The van der Waals surface area contributed by atoms with Crippen LogP contribution in [0.4, 0.5) is 0 Å². The van der Waals surface area contributed by atoms with Gasteiger partial charge in [-0.2, -0.15) is 0 Å². The Morgan fingerprint density at radius 3 is 2.09 bits per heavy atom. The molecule has 0 aliphatic heterocycles. The summed E-state index contributed by atoms with van der Waals surface area (Å²) in [6.45, 7) is 0. The Bertz CT molecular complexity index is 794. The summed E-state index contributed by atoms with van der Waals surface area (Å²) in [5.74, 6) is 3.00. The molecule has 1 aromatic heterocycles. The van der Waals surface area contributed by atoms with Gasteiger partial charge in [-0.25, -0.2) is 4.42 Å². The molecule has 0 aliphatic rings. The largest absolute Gasteiger partial charge is 0.497 e. The van der Waals surface area contributed by atoms with Crippen molar-refractivity contribution in [1.82, 2.24) is 0 Å². The van der Waals surface area contributed by atoms with Gasteiger partial charge in [-0.15, -0.1) is 0 Å². The molecule has 0 saturated heterocycles. The molecule has 0 fully saturated rings. The molecule has 0 N–H and O–H groups in total. The van der Waals surface area contributed by atoms with E-state index in [0.717, 1.165) is 28.2 Å². The van der Waals surface area contributed by atoms with Crippen molar-refractivity contribution in [1.29, 1.82) is 0 Å². The highest BCUT2D eigenvalue weighted by atomic mass is 16.5.